The smallest absolute Gasteiger partial charge is 0.255 e. The summed E-state index contributed by atoms with van der Waals surface area (Å²) in [6.45, 7) is 0. The fourth-order valence-corrected chi connectivity index (χ4v) is 2.40. The molecule has 26 heavy (non-hydrogen) atoms. The third kappa shape index (κ3) is 3.20. The lowest BCUT2D eigenvalue weighted by molar-refractivity contribution is 0.102. The Labute approximate surface area is 148 Å². The molecule has 5 N–H and O–H groups in total. The highest BCUT2D eigenvalue weighted by molar-refractivity contribution is 6.08. The van der Waals surface area contributed by atoms with E-state index in [0.717, 1.165) is 0 Å². The molecule has 3 rings (SSSR count). The first kappa shape index (κ1) is 17.0. The maximum absolute atomic E-state index is 12.5. The second-order valence-corrected chi connectivity index (χ2v) is 5.35. The van der Waals surface area contributed by atoms with Crippen LogP contribution in [0.1, 0.15) is 16.1 Å². The molecule has 0 radical (unpaired) electrons. The van der Waals surface area contributed by atoms with Gasteiger partial charge in [0.2, 0.25) is 0 Å². The molecular weight excluding hydrogens is 336 g/mol. The highest BCUT2D eigenvalue weighted by Gasteiger charge is 2.14. The third-order valence-electron chi connectivity index (χ3n) is 3.75. The van der Waals surface area contributed by atoms with Gasteiger partial charge in [0.15, 0.2) is 22.6 Å². The van der Waals surface area contributed by atoms with E-state index in [-0.39, 0.29) is 28.5 Å². The van der Waals surface area contributed by atoms with E-state index < -0.39 is 0 Å². The van der Waals surface area contributed by atoms with E-state index in [2.05, 4.69) is 10.4 Å². The molecule has 132 valence electrons. The maximum atomic E-state index is 12.5. The van der Waals surface area contributed by atoms with Crippen LogP contribution in [0.15, 0.2) is 62.8 Å². The van der Waals surface area contributed by atoms with Gasteiger partial charge in [-0.2, -0.15) is 5.10 Å². The molecule has 0 aliphatic carbocycles. The van der Waals surface area contributed by atoms with Crippen LogP contribution in [0.25, 0.3) is 11.0 Å². The van der Waals surface area contributed by atoms with Crippen molar-refractivity contribution in [3.05, 3.63) is 70.1 Å². The van der Waals surface area contributed by atoms with Gasteiger partial charge in [0.05, 0.1) is 18.2 Å². The Morgan fingerprint density at radius 1 is 1.19 bits per heavy atom. The largest absolute Gasteiger partial charge is 0.497 e. The van der Waals surface area contributed by atoms with Crippen molar-refractivity contribution in [2.75, 3.05) is 12.4 Å². The number of methoxy groups -OCH3 is 1. The number of ether oxygens (including phenoxy) is 1. The van der Waals surface area contributed by atoms with Crippen LogP contribution < -0.4 is 27.1 Å². The highest BCUT2D eigenvalue weighted by atomic mass is 16.5. The third-order valence-corrected chi connectivity index (χ3v) is 3.75. The van der Waals surface area contributed by atoms with E-state index in [9.17, 15) is 9.59 Å². The van der Waals surface area contributed by atoms with Crippen LogP contribution in [0.4, 0.5) is 5.69 Å². The van der Waals surface area contributed by atoms with Gasteiger partial charge in [-0.05, 0) is 36.4 Å². The normalized spacial score (nSPS) is 11.3. The quantitative estimate of drug-likeness (QED) is 0.283. The fraction of sp³-hybridized carbons (Fsp3) is 0.0556. The molecule has 0 saturated carbocycles. The summed E-state index contributed by atoms with van der Waals surface area (Å²) in [6, 6.07) is 12.6. The van der Waals surface area contributed by atoms with Crippen LogP contribution in [-0.2, 0) is 0 Å². The molecule has 0 saturated heterocycles. The van der Waals surface area contributed by atoms with Gasteiger partial charge in [0, 0.05) is 11.6 Å². The van der Waals surface area contributed by atoms with Gasteiger partial charge in [-0.15, -0.1) is 0 Å². The first-order valence-electron chi connectivity index (χ1n) is 7.59. The minimum absolute atomic E-state index is 0.0242. The number of rotatable bonds is 4. The summed E-state index contributed by atoms with van der Waals surface area (Å²) in [5.74, 6) is 5.31. The van der Waals surface area contributed by atoms with E-state index in [4.69, 9.17) is 20.7 Å². The standard InChI is InChI=1S/C18H16N4O4/c1-25-11-7-5-10(6-8-11)18(24)21-13-4-2-3-12-14(23)9-15(17(19)22-20)26-16(12)13/h2-9H,20H2,1H3,(H2,19,22)(H,21,24). The van der Waals surface area contributed by atoms with E-state index in [0.29, 0.717) is 22.4 Å². The highest BCUT2D eigenvalue weighted by Crippen LogP contribution is 2.23. The maximum Gasteiger partial charge on any atom is 0.255 e. The van der Waals surface area contributed by atoms with Gasteiger partial charge in [-0.3, -0.25) is 9.59 Å². The number of carbonyl (C=O) groups is 1. The van der Waals surface area contributed by atoms with Crippen LogP contribution in [0.3, 0.4) is 0 Å². The molecule has 0 unspecified atom stereocenters. The Hall–Kier alpha value is -3.81. The molecule has 1 aromatic heterocycles. The van der Waals surface area contributed by atoms with Crippen LogP contribution in [0.5, 0.6) is 5.75 Å². The van der Waals surface area contributed by atoms with Gasteiger partial charge in [-0.25, -0.2) is 0 Å². The Bertz CT molecular complexity index is 1050. The minimum atomic E-state index is -0.367. The first-order valence-corrected chi connectivity index (χ1v) is 7.59. The minimum Gasteiger partial charge on any atom is -0.497 e. The zero-order valence-corrected chi connectivity index (χ0v) is 13.9. The first-order chi connectivity index (χ1) is 12.5. The Morgan fingerprint density at radius 2 is 1.92 bits per heavy atom. The van der Waals surface area contributed by atoms with Crippen molar-refractivity contribution in [1.29, 1.82) is 0 Å². The van der Waals surface area contributed by atoms with E-state index in [1.54, 1.807) is 49.6 Å². The molecule has 0 aliphatic heterocycles. The molecule has 8 nitrogen and oxygen atoms in total. The number of hydrazone groups is 1. The Kier molecular flexibility index (Phi) is 4.57. The van der Waals surface area contributed by atoms with Crippen molar-refractivity contribution in [2.45, 2.75) is 0 Å². The molecule has 0 atom stereocenters. The second-order valence-electron chi connectivity index (χ2n) is 5.35. The number of hydrogen-bond acceptors (Lipinski definition) is 6. The Balaban J connectivity index is 2.02. The monoisotopic (exact) mass is 352 g/mol. The molecule has 0 spiro atoms. The summed E-state index contributed by atoms with van der Waals surface area (Å²) in [5.41, 5.74) is 6.22. The van der Waals surface area contributed by atoms with E-state index in [1.165, 1.54) is 6.07 Å². The van der Waals surface area contributed by atoms with E-state index in [1.807, 2.05) is 0 Å². The van der Waals surface area contributed by atoms with Crippen LogP contribution in [-0.4, -0.2) is 18.9 Å². The molecule has 2 aromatic carbocycles. The van der Waals surface area contributed by atoms with Gasteiger partial charge in [0.1, 0.15) is 5.75 Å². The lowest BCUT2D eigenvalue weighted by Crippen LogP contribution is -2.18. The van der Waals surface area contributed by atoms with Crippen molar-refractivity contribution in [1.82, 2.24) is 0 Å². The number of carbonyl (C=O) groups excluding carboxylic acids is 1. The predicted octanol–water partition coefficient (Wildman–Crippen LogP) is 1.63. The average Bonchev–Trinajstić information content (AvgIpc) is 2.67. The second kappa shape index (κ2) is 6.98. The predicted molar refractivity (Wildman–Crippen MR) is 98.3 cm³/mol. The van der Waals surface area contributed by atoms with Crippen LogP contribution in [0, 0.1) is 0 Å². The number of nitrogens with zero attached hydrogens (tertiary/aromatic N) is 1. The SMILES string of the molecule is COc1ccc(C(=O)Nc2cccc3c(=O)cc(C(N)=NN)oc23)cc1. The zero-order valence-electron chi connectivity index (χ0n) is 13.9. The lowest BCUT2D eigenvalue weighted by atomic mass is 10.1. The van der Waals surface area contributed by atoms with Crippen molar-refractivity contribution in [3.8, 4) is 5.75 Å². The molecule has 0 fully saturated rings. The number of amides is 1. The summed E-state index contributed by atoms with van der Waals surface area (Å²) < 4.78 is 10.7. The molecule has 0 bridgehead atoms. The number of hydrogen-bond donors (Lipinski definition) is 3. The van der Waals surface area contributed by atoms with Crippen molar-refractivity contribution in [3.63, 3.8) is 0 Å². The van der Waals surface area contributed by atoms with Crippen LogP contribution >= 0.6 is 0 Å². The number of anilines is 1. The molecular formula is C18H16N4O4. The summed E-state index contributed by atoms with van der Waals surface area (Å²) in [5, 5.41) is 6.35. The summed E-state index contributed by atoms with van der Waals surface area (Å²) in [4.78, 5) is 24.7. The van der Waals surface area contributed by atoms with Gasteiger partial charge in [0.25, 0.3) is 5.91 Å². The number of amidine groups is 1. The Morgan fingerprint density at radius 3 is 2.58 bits per heavy atom. The molecule has 8 heteroatoms. The number of nitrogens with two attached hydrogens (primary N) is 2. The molecule has 3 aromatic rings. The topological polar surface area (TPSA) is 133 Å². The molecule has 1 amide bonds. The average molecular weight is 352 g/mol. The van der Waals surface area contributed by atoms with Crippen molar-refractivity contribution >= 4 is 28.4 Å². The van der Waals surface area contributed by atoms with E-state index >= 15 is 0 Å². The van der Waals surface area contributed by atoms with Crippen molar-refractivity contribution in [2.24, 2.45) is 16.7 Å². The number of nitrogens with one attached hydrogen (secondary N) is 1. The van der Waals surface area contributed by atoms with Crippen LogP contribution in [0.2, 0.25) is 0 Å². The summed E-state index contributed by atoms with van der Waals surface area (Å²) >= 11 is 0. The van der Waals surface area contributed by atoms with Gasteiger partial charge < -0.3 is 26.0 Å². The van der Waals surface area contributed by atoms with Gasteiger partial charge >= 0.3 is 0 Å². The number of para-hydroxylation sites is 1. The molecule has 1 heterocycles. The fourth-order valence-electron chi connectivity index (χ4n) is 2.40. The summed E-state index contributed by atoms with van der Waals surface area (Å²) in [7, 11) is 1.54. The lowest BCUT2D eigenvalue weighted by Gasteiger charge is -2.09. The van der Waals surface area contributed by atoms with Crippen molar-refractivity contribution < 1.29 is 13.9 Å². The number of benzene rings is 2. The number of fused-ring (bicyclic) bond motifs is 1. The summed E-state index contributed by atoms with van der Waals surface area (Å²) in [6.07, 6.45) is 0. The van der Waals surface area contributed by atoms with Gasteiger partial charge in [-0.1, -0.05) is 6.07 Å². The molecule has 0 aliphatic rings. The zero-order chi connectivity index (χ0) is 18.7.